The monoisotopic (exact) mass is 236 g/mol. The molecule has 1 aromatic rings. The summed E-state index contributed by atoms with van der Waals surface area (Å²) in [5.74, 6) is -0.517. The summed E-state index contributed by atoms with van der Waals surface area (Å²) in [7, 11) is 3.07. The average molecular weight is 236 g/mol. The van der Waals surface area contributed by atoms with E-state index in [0.29, 0.717) is 12.2 Å². The maximum atomic E-state index is 11.8. The molecule has 92 valence electrons. The van der Waals surface area contributed by atoms with Gasteiger partial charge in [0, 0.05) is 26.8 Å². The highest BCUT2D eigenvalue weighted by molar-refractivity contribution is 5.94. The molecular weight excluding hydrogens is 220 g/mol. The molecule has 0 aromatic carbocycles. The van der Waals surface area contributed by atoms with Crippen molar-refractivity contribution in [3.63, 3.8) is 0 Å². The van der Waals surface area contributed by atoms with Gasteiger partial charge in [0.1, 0.15) is 5.69 Å². The third-order valence-corrected chi connectivity index (χ3v) is 2.29. The van der Waals surface area contributed by atoms with Crippen LogP contribution in [0.25, 0.3) is 0 Å². The third-order valence-electron chi connectivity index (χ3n) is 2.29. The van der Waals surface area contributed by atoms with Crippen LogP contribution in [0.4, 0.5) is 0 Å². The molecule has 1 rings (SSSR count). The van der Waals surface area contributed by atoms with Crippen molar-refractivity contribution in [3.8, 4) is 0 Å². The summed E-state index contributed by atoms with van der Waals surface area (Å²) in [6.45, 7) is 0.394. The van der Waals surface area contributed by atoms with Gasteiger partial charge >= 0.3 is 0 Å². The first-order chi connectivity index (χ1) is 8.08. The lowest BCUT2D eigenvalue weighted by molar-refractivity contribution is -0.121. The number of nitrogens with one attached hydrogen (secondary N) is 1. The van der Waals surface area contributed by atoms with Crippen molar-refractivity contribution >= 4 is 11.8 Å². The highest BCUT2D eigenvalue weighted by Gasteiger charge is 2.15. The molecule has 17 heavy (non-hydrogen) atoms. The molecule has 0 atom stereocenters. The van der Waals surface area contributed by atoms with Crippen molar-refractivity contribution in [2.24, 2.45) is 5.73 Å². The van der Waals surface area contributed by atoms with Crippen LogP contribution < -0.4 is 11.1 Å². The summed E-state index contributed by atoms with van der Waals surface area (Å²) < 4.78 is 0. The number of hydrogen-bond acceptors (Lipinski definition) is 4. The van der Waals surface area contributed by atoms with E-state index in [1.54, 1.807) is 25.4 Å². The third kappa shape index (κ3) is 3.53. The molecule has 3 N–H and O–H groups in total. The van der Waals surface area contributed by atoms with E-state index in [1.807, 2.05) is 0 Å². The van der Waals surface area contributed by atoms with Crippen molar-refractivity contribution in [3.05, 3.63) is 29.6 Å². The Labute approximate surface area is 99.8 Å². The van der Waals surface area contributed by atoms with Gasteiger partial charge in [0.2, 0.25) is 5.91 Å². The summed E-state index contributed by atoms with van der Waals surface area (Å²) in [6, 6.07) is 3.35. The second kappa shape index (κ2) is 5.95. The lowest BCUT2D eigenvalue weighted by Gasteiger charge is -2.15. The zero-order valence-electron chi connectivity index (χ0n) is 9.93. The van der Waals surface area contributed by atoms with Gasteiger partial charge in [-0.15, -0.1) is 0 Å². The number of carbonyl (C=O) groups excluding carboxylic acids is 2. The van der Waals surface area contributed by atoms with Gasteiger partial charge in [-0.05, 0) is 11.6 Å². The zero-order chi connectivity index (χ0) is 12.8. The number of nitrogens with two attached hydrogens (primary N) is 1. The lowest BCUT2D eigenvalue weighted by Crippen LogP contribution is -2.37. The van der Waals surface area contributed by atoms with Crippen LogP contribution >= 0.6 is 0 Å². The Morgan fingerprint density at radius 2 is 2.18 bits per heavy atom. The molecule has 0 unspecified atom stereocenters. The van der Waals surface area contributed by atoms with E-state index in [9.17, 15) is 9.59 Å². The minimum Gasteiger partial charge on any atom is -0.358 e. The van der Waals surface area contributed by atoms with E-state index in [1.165, 1.54) is 11.9 Å². The molecule has 0 saturated carbocycles. The predicted molar refractivity (Wildman–Crippen MR) is 63.2 cm³/mol. The van der Waals surface area contributed by atoms with E-state index in [2.05, 4.69) is 10.3 Å². The quantitative estimate of drug-likeness (QED) is 0.727. The van der Waals surface area contributed by atoms with Crippen molar-refractivity contribution in [1.29, 1.82) is 0 Å². The first-order valence-corrected chi connectivity index (χ1v) is 5.19. The van der Waals surface area contributed by atoms with Crippen LogP contribution in [-0.4, -0.2) is 42.3 Å². The van der Waals surface area contributed by atoms with Gasteiger partial charge in [-0.3, -0.25) is 14.6 Å². The molecule has 0 aliphatic heterocycles. The van der Waals surface area contributed by atoms with Gasteiger partial charge in [-0.25, -0.2) is 0 Å². The first kappa shape index (κ1) is 13.1. The van der Waals surface area contributed by atoms with Crippen molar-refractivity contribution in [1.82, 2.24) is 15.2 Å². The van der Waals surface area contributed by atoms with Gasteiger partial charge in [-0.2, -0.15) is 0 Å². The number of pyridine rings is 1. The summed E-state index contributed by atoms with van der Waals surface area (Å²) in [6.07, 6.45) is 1.56. The number of nitrogens with zero attached hydrogens (tertiary/aromatic N) is 2. The summed E-state index contributed by atoms with van der Waals surface area (Å²) in [5, 5.41) is 2.45. The van der Waals surface area contributed by atoms with Crippen LogP contribution in [0.1, 0.15) is 16.1 Å². The maximum absolute atomic E-state index is 11.8. The molecular formula is C11H16N4O2. The molecule has 1 heterocycles. The summed E-state index contributed by atoms with van der Waals surface area (Å²) in [4.78, 5) is 28.3. The number of aromatic nitrogens is 1. The van der Waals surface area contributed by atoms with Crippen LogP contribution in [0.15, 0.2) is 18.3 Å². The average Bonchev–Trinajstić information content (AvgIpc) is 2.37. The standard InChI is InChI=1S/C11H16N4O2/c1-13-10(16)7-15(2)11(17)9-4-3-8(5-12)6-14-9/h3-4,6H,5,7,12H2,1-2H3,(H,13,16). The Hall–Kier alpha value is -1.95. The molecule has 6 heteroatoms. The fraction of sp³-hybridized carbons (Fsp3) is 0.364. The van der Waals surface area contributed by atoms with E-state index >= 15 is 0 Å². The number of hydrogen-bond donors (Lipinski definition) is 2. The van der Waals surface area contributed by atoms with E-state index in [4.69, 9.17) is 5.73 Å². The molecule has 1 aromatic heterocycles. The first-order valence-electron chi connectivity index (χ1n) is 5.19. The van der Waals surface area contributed by atoms with Gasteiger partial charge in [0.25, 0.3) is 5.91 Å². The van der Waals surface area contributed by atoms with Crippen LogP contribution in [-0.2, 0) is 11.3 Å². The van der Waals surface area contributed by atoms with E-state index in [-0.39, 0.29) is 18.4 Å². The number of carbonyl (C=O) groups is 2. The fourth-order valence-corrected chi connectivity index (χ4v) is 1.23. The number of rotatable bonds is 4. The Morgan fingerprint density at radius 3 is 2.65 bits per heavy atom. The predicted octanol–water partition coefficient (Wildman–Crippen LogP) is -0.642. The minimum absolute atomic E-state index is 0.00958. The lowest BCUT2D eigenvalue weighted by atomic mass is 10.2. The van der Waals surface area contributed by atoms with Crippen molar-refractivity contribution in [2.45, 2.75) is 6.54 Å². The van der Waals surface area contributed by atoms with E-state index in [0.717, 1.165) is 5.56 Å². The number of amides is 2. The van der Waals surface area contributed by atoms with Crippen LogP contribution in [0.2, 0.25) is 0 Å². The second-order valence-corrected chi connectivity index (χ2v) is 3.59. The topological polar surface area (TPSA) is 88.3 Å². The molecule has 0 aliphatic carbocycles. The number of likely N-dealkylation sites (N-methyl/N-ethyl adjacent to an activating group) is 2. The maximum Gasteiger partial charge on any atom is 0.272 e. The Morgan fingerprint density at radius 1 is 1.47 bits per heavy atom. The fourth-order valence-electron chi connectivity index (χ4n) is 1.23. The summed E-state index contributed by atoms with van der Waals surface area (Å²) >= 11 is 0. The molecule has 2 amide bonds. The zero-order valence-corrected chi connectivity index (χ0v) is 9.93. The van der Waals surface area contributed by atoms with E-state index < -0.39 is 0 Å². The normalized spacial score (nSPS) is 9.82. The highest BCUT2D eigenvalue weighted by Crippen LogP contribution is 2.02. The summed E-state index contributed by atoms with van der Waals surface area (Å²) in [5.41, 5.74) is 6.59. The SMILES string of the molecule is CNC(=O)CN(C)C(=O)c1ccc(CN)cn1. The van der Waals surface area contributed by atoms with Gasteiger partial charge in [0.15, 0.2) is 0 Å². The molecule has 0 saturated heterocycles. The Bertz CT molecular complexity index is 402. The molecule has 0 fully saturated rings. The van der Waals surface area contributed by atoms with Crippen molar-refractivity contribution < 1.29 is 9.59 Å². The molecule has 0 radical (unpaired) electrons. The molecule has 0 spiro atoms. The molecule has 0 bridgehead atoms. The van der Waals surface area contributed by atoms with Gasteiger partial charge in [-0.1, -0.05) is 6.07 Å². The van der Waals surface area contributed by atoms with Crippen LogP contribution in [0.5, 0.6) is 0 Å². The van der Waals surface area contributed by atoms with Gasteiger partial charge < -0.3 is 16.0 Å². The van der Waals surface area contributed by atoms with Crippen LogP contribution in [0.3, 0.4) is 0 Å². The van der Waals surface area contributed by atoms with Crippen LogP contribution in [0, 0.1) is 0 Å². The van der Waals surface area contributed by atoms with Gasteiger partial charge in [0.05, 0.1) is 6.54 Å². The molecule has 0 aliphatic rings. The van der Waals surface area contributed by atoms with Crippen molar-refractivity contribution in [2.75, 3.05) is 20.6 Å². The smallest absolute Gasteiger partial charge is 0.272 e. The second-order valence-electron chi connectivity index (χ2n) is 3.59. The Balaban J connectivity index is 2.71. The largest absolute Gasteiger partial charge is 0.358 e. The molecule has 6 nitrogen and oxygen atoms in total. The Kier molecular flexibility index (Phi) is 4.59. The minimum atomic E-state index is -0.294. The highest BCUT2D eigenvalue weighted by atomic mass is 16.2.